The molecule has 3 aromatic rings. The molecule has 0 radical (unpaired) electrons. The predicted molar refractivity (Wildman–Crippen MR) is 99.0 cm³/mol. The molecule has 0 aliphatic rings. The number of hydrogen-bond donors (Lipinski definition) is 1. The van der Waals surface area contributed by atoms with Crippen LogP contribution in [0.15, 0.2) is 54.6 Å². The molecule has 0 atom stereocenters. The van der Waals surface area contributed by atoms with Crippen LogP contribution in [0.25, 0.3) is 11.1 Å². The first kappa shape index (κ1) is 17.8. The molecule has 1 heterocycles. The number of carbonyl (C=O) groups excluding carboxylic acids is 1. The Morgan fingerprint density at radius 1 is 0.923 bits per heavy atom. The molecule has 0 aliphatic carbocycles. The summed E-state index contributed by atoms with van der Waals surface area (Å²) in [7, 11) is 0. The van der Waals surface area contributed by atoms with E-state index in [1.807, 2.05) is 30.3 Å². The Morgan fingerprint density at radius 2 is 1.73 bits per heavy atom. The molecular weight excluding hydrogens is 328 g/mol. The number of nitrogens with one attached hydrogen (secondary N) is 1. The van der Waals surface area contributed by atoms with Gasteiger partial charge in [-0.3, -0.25) is 4.79 Å². The summed E-state index contributed by atoms with van der Waals surface area (Å²) in [5.74, 6) is 0.998. The summed E-state index contributed by atoms with van der Waals surface area (Å²) in [6, 6.07) is 18.4. The Bertz CT molecular complexity index is 804. The number of hydrogen-bond acceptors (Lipinski definition) is 5. The average molecular weight is 350 g/mol. The molecule has 26 heavy (non-hydrogen) atoms. The topological polar surface area (TPSA) is 80.8 Å². The third-order valence-corrected chi connectivity index (χ3v) is 4.10. The summed E-state index contributed by atoms with van der Waals surface area (Å²) < 4.78 is 5.86. The van der Waals surface area contributed by atoms with Crippen molar-refractivity contribution in [1.82, 2.24) is 20.6 Å². The number of aromatic nitrogens is 4. The van der Waals surface area contributed by atoms with E-state index in [0.717, 1.165) is 37.0 Å². The lowest BCUT2D eigenvalue weighted by Gasteiger charge is -2.08. The number of nitrogens with zero attached hydrogens (tertiary/aromatic N) is 3. The van der Waals surface area contributed by atoms with Gasteiger partial charge in [0.2, 0.25) is 11.6 Å². The highest BCUT2D eigenvalue weighted by atomic mass is 16.5. The molecule has 0 fully saturated rings. The van der Waals surface area contributed by atoms with Gasteiger partial charge < -0.3 is 4.74 Å². The molecule has 0 saturated carbocycles. The highest BCUT2D eigenvalue weighted by Crippen LogP contribution is 2.23. The number of rotatable bonds is 10. The molecule has 2 aromatic carbocycles. The van der Waals surface area contributed by atoms with Gasteiger partial charge in [-0.25, -0.2) is 0 Å². The number of benzene rings is 2. The third kappa shape index (κ3) is 5.24. The van der Waals surface area contributed by atoms with Gasteiger partial charge in [-0.15, -0.1) is 10.2 Å². The number of unbranched alkanes of at least 4 members (excludes halogenated alkanes) is 3. The van der Waals surface area contributed by atoms with Crippen molar-refractivity contribution >= 4 is 5.78 Å². The number of Topliss-reactive ketones (excluding diaryl/α,β-unsaturated/α-hetero) is 1. The molecule has 0 saturated heterocycles. The van der Waals surface area contributed by atoms with Crippen molar-refractivity contribution in [1.29, 1.82) is 0 Å². The monoisotopic (exact) mass is 350 g/mol. The maximum atomic E-state index is 11.7. The van der Waals surface area contributed by atoms with Crippen molar-refractivity contribution in [2.75, 3.05) is 6.61 Å². The molecule has 0 unspecified atom stereocenters. The molecule has 0 amide bonds. The standard InChI is InChI=1S/C20H22N4O2/c25-19(20-21-23-24-22-20)13-6-1-2-7-14-26-18-12-8-11-17(15-18)16-9-4-3-5-10-16/h3-5,8-12,15H,1-2,6-7,13-14H2,(H,21,22,23,24). The molecule has 0 aliphatic heterocycles. The SMILES string of the molecule is O=C(CCCCCCOc1cccc(-c2ccccc2)c1)c1nn[nH]n1. The summed E-state index contributed by atoms with van der Waals surface area (Å²) in [6.07, 6.45) is 4.26. The van der Waals surface area contributed by atoms with E-state index in [9.17, 15) is 4.79 Å². The maximum Gasteiger partial charge on any atom is 0.240 e. The van der Waals surface area contributed by atoms with Crippen LogP contribution in [0.4, 0.5) is 0 Å². The summed E-state index contributed by atoms with van der Waals surface area (Å²) in [5, 5.41) is 13.1. The lowest BCUT2D eigenvalue weighted by atomic mass is 10.1. The van der Waals surface area contributed by atoms with Crippen LogP contribution in [0.5, 0.6) is 5.75 Å². The van der Waals surface area contributed by atoms with E-state index in [1.54, 1.807) is 0 Å². The van der Waals surface area contributed by atoms with Crippen molar-refractivity contribution in [3.8, 4) is 16.9 Å². The number of carbonyl (C=O) groups is 1. The molecule has 1 aromatic heterocycles. The zero-order chi connectivity index (χ0) is 18.0. The summed E-state index contributed by atoms with van der Waals surface area (Å²) >= 11 is 0. The van der Waals surface area contributed by atoms with Crippen molar-refractivity contribution < 1.29 is 9.53 Å². The number of ketones is 1. The van der Waals surface area contributed by atoms with Gasteiger partial charge in [0, 0.05) is 6.42 Å². The van der Waals surface area contributed by atoms with E-state index in [1.165, 1.54) is 5.56 Å². The lowest BCUT2D eigenvalue weighted by Crippen LogP contribution is -2.02. The van der Waals surface area contributed by atoms with Gasteiger partial charge in [-0.05, 0) is 41.3 Å². The van der Waals surface area contributed by atoms with Gasteiger partial charge in [0.25, 0.3) is 0 Å². The van der Waals surface area contributed by atoms with Gasteiger partial charge in [0.15, 0.2) is 0 Å². The van der Waals surface area contributed by atoms with Crippen LogP contribution < -0.4 is 4.74 Å². The van der Waals surface area contributed by atoms with Gasteiger partial charge in [-0.1, -0.05) is 55.3 Å². The Hall–Kier alpha value is -3.02. The Kier molecular flexibility index (Phi) is 6.47. The quantitative estimate of drug-likeness (QED) is 0.440. The Balaban J connectivity index is 1.33. The van der Waals surface area contributed by atoms with E-state index in [4.69, 9.17) is 4.74 Å². The van der Waals surface area contributed by atoms with E-state index in [-0.39, 0.29) is 11.6 Å². The normalized spacial score (nSPS) is 10.6. The largest absolute Gasteiger partial charge is 0.494 e. The Morgan fingerprint density at radius 3 is 2.54 bits per heavy atom. The van der Waals surface area contributed by atoms with E-state index in [0.29, 0.717) is 13.0 Å². The number of aromatic amines is 1. The lowest BCUT2D eigenvalue weighted by molar-refractivity contribution is 0.0969. The first-order chi connectivity index (χ1) is 12.8. The minimum Gasteiger partial charge on any atom is -0.494 e. The second-order valence-electron chi connectivity index (χ2n) is 6.07. The van der Waals surface area contributed by atoms with Crippen LogP contribution in [-0.4, -0.2) is 33.0 Å². The van der Waals surface area contributed by atoms with Gasteiger partial charge in [0.05, 0.1) is 6.61 Å². The first-order valence-corrected chi connectivity index (χ1v) is 8.88. The molecule has 6 nitrogen and oxygen atoms in total. The minimum atomic E-state index is -0.0623. The van der Waals surface area contributed by atoms with Crippen LogP contribution in [0.1, 0.15) is 42.7 Å². The van der Waals surface area contributed by atoms with Crippen LogP contribution >= 0.6 is 0 Å². The fourth-order valence-electron chi connectivity index (χ4n) is 2.72. The van der Waals surface area contributed by atoms with Crippen molar-refractivity contribution in [3.63, 3.8) is 0 Å². The molecule has 0 spiro atoms. The first-order valence-electron chi connectivity index (χ1n) is 8.88. The van der Waals surface area contributed by atoms with Gasteiger partial charge >= 0.3 is 0 Å². The van der Waals surface area contributed by atoms with Crippen LogP contribution in [0, 0.1) is 0 Å². The zero-order valence-corrected chi connectivity index (χ0v) is 14.6. The van der Waals surface area contributed by atoms with Gasteiger partial charge in [0.1, 0.15) is 5.75 Å². The van der Waals surface area contributed by atoms with Crippen molar-refractivity contribution in [2.45, 2.75) is 32.1 Å². The number of ether oxygens (including phenoxy) is 1. The fourth-order valence-corrected chi connectivity index (χ4v) is 2.72. The predicted octanol–water partition coefficient (Wildman–Crippen LogP) is 4.08. The molecular formula is C20H22N4O2. The second kappa shape index (κ2) is 9.46. The van der Waals surface area contributed by atoms with Crippen LogP contribution in [0.2, 0.25) is 0 Å². The molecule has 134 valence electrons. The highest BCUT2D eigenvalue weighted by molar-refractivity contribution is 5.92. The van der Waals surface area contributed by atoms with Crippen molar-refractivity contribution in [3.05, 3.63) is 60.4 Å². The van der Waals surface area contributed by atoms with E-state index < -0.39 is 0 Å². The fraction of sp³-hybridized carbons (Fsp3) is 0.300. The Labute approximate surface area is 152 Å². The maximum absolute atomic E-state index is 11.7. The average Bonchev–Trinajstić information content (AvgIpc) is 3.23. The summed E-state index contributed by atoms with van der Waals surface area (Å²) in [4.78, 5) is 11.7. The summed E-state index contributed by atoms with van der Waals surface area (Å²) in [5.41, 5.74) is 2.34. The molecule has 0 bridgehead atoms. The number of tetrazole rings is 1. The van der Waals surface area contributed by atoms with E-state index in [2.05, 4.69) is 44.9 Å². The highest BCUT2D eigenvalue weighted by Gasteiger charge is 2.09. The second-order valence-corrected chi connectivity index (χ2v) is 6.07. The molecule has 3 rings (SSSR count). The zero-order valence-electron chi connectivity index (χ0n) is 14.6. The number of H-pyrrole nitrogens is 1. The van der Waals surface area contributed by atoms with Crippen LogP contribution in [-0.2, 0) is 0 Å². The van der Waals surface area contributed by atoms with E-state index >= 15 is 0 Å². The smallest absolute Gasteiger partial charge is 0.240 e. The minimum absolute atomic E-state index is 0.0623. The third-order valence-electron chi connectivity index (χ3n) is 4.10. The van der Waals surface area contributed by atoms with Crippen LogP contribution in [0.3, 0.4) is 0 Å². The van der Waals surface area contributed by atoms with Gasteiger partial charge in [-0.2, -0.15) is 5.21 Å². The molecule has 6 heteroatoms. The molecule has 1 N–H and O–H groups in total. The van der Waals surface area contributed by atoms with Crippen molar-refractivity contribution in [2.24, 2.45) is 0 Å². The summed E-state index contributed by atoms with van der Waals surface area (Å²) in [6.45, 7) is 0.678.